The molecule has 3 aliphatic heterocycles. The average Bonchev–Trinajstić information content (AvgIpc) is 3.42. The second-order valence-electron chi connectivity index (χ2n) is 9.46. The van der Waals surface area contributed by atoms with E-state index in [0.717, 1.165) is 38.8 Å². The van der Waals surface area contributed by atoms with Gasteiger partial charge in [-0.05, 0) is 61.7 Å². The molecule has 0 spiro atoms. The molecule has 0 aliphatic carbocycles. The van der Waals surface area contributed by atoms with E-state index in [-0.39, 0.29) is 36.0 Å². The van der Waals surface area contributed by atoms with Crippen molar-refractivity contribution in [1.82, 2.24) is 9.80 Å². The van der Waals surface area contributed by atoms with Gasteiger partial charge in [-0.3, -0.25) is 14.4 Å². The minimum atomic E-state index is -0.303. The van der Waals surface area contributed by atoms with Crippen LogP contribution in [0.5, 0.6) is 5.75 Å². The smallest absolute Gasteiger partial charge is 0.265 e. The lowest BCUT2D eigenvalue weighted by Gasteiger charge is -2.42. The van der Waals surface area contributed by atoms with Gasteiger partial charge in [0.15, 0.2) is 0 Å². The number of rotatable bonds is 4. The maximum Gasteiger partial charge on any atom is 0.265 e. The number of nitrogens with one attached hydrogen (secondary N) is 1. The van der Waals surface area contributed by atoms with Crippen LogP contribution in [-0.2, 0) is 9.53 Å². The van der Waals surface area contributed by atoms with E-state index in [2.05, 4.69) is 5.32 Å². The lowest BCUT2D eigenvalue weighted by molar-refractivity contribution is -0.143. The van der Waals surface area contributed by atoms with Crippen LogP contribution in [-0.4, -0.2) is 72.5 Å². The zero-order chi connectivity index (χ0) is 24.4. The third-order valence-corrected chi connectivity index (χ3v) is 7.99. The number of fused-ring (bicyclic) bond motifs is 2. The van der Waals surface area contributed by atoms with Gasteiger partial charge in [0, 0.05) is 25.8 Å². The van der Waals surface area contributed by atoms with Crippen molar-refractivity contribution >= 4 is 34.7 Å². The number of hydrogen-bond donors (Lipinski definition) is 1. The largest absolute Gasteiger partial charge is 0.490 e. The Morgan fingerprint density at radius 2 is 1.97 bits per heavy atom. The first-order valence-electron chi connectivity index (χ1n) is 12.3. The van der Waals surface area contributed by atoms with Crippen molar-refractivity contribution in [2.24, 2.45) is 0 Å². The van der Waals surface area contributed by atoms with Crippen LogP contribution in [0.15, 0.2) is 35.7 Å². The first-order chi connectivity index (χ1) is 17.0. The number of thiophene rings is 1. The molecular formula is C26H31N3O5S. The van der Waals surface area contributed by atoms with E-state index >= 15 is 0 Å². The number of benzene rings is 1. The number of likely N-dealkylation sites (N-methyl/N-ethyl adjacent to an activating group) is 1. The Morgan fingerprint density at radius 1 is 1.14 bits per heavy atom. The van der Waals surface area contributed by atoms with Crippen molar-refractivity contribution in [3.8, 4) is 5.75 Å². The van der Waals surface area contributed by atoms with Crippen molar-refractivity contribution in [2.45, 2.75) is 56.8 Å². The average molecular weight is 498 g/mol. The number of amides is 3. The summed E-state index contributed by atoms with van der Waals surface area (Å²) in [6.07, 6.45) is 4.72. The molecular weight excluding hydrogens is 466 g/mol. The standard InChI is InChI=1S/C26H31N3O5S/c1-28-20-9-8-18(15-24(30)29-11-3-2-4-12-29)34-22(20)16-33-21-10-7-17(14-19(21)26(28)32)27-25(31)23-6-5-13-35-23/h5-7,10,13-14,18,20,22H,2-4,8-9,11-12,15-16H2,1H3,(H,27,31)/t18-,20+,22+/m0/s1. The maximum atomic E-state index is 13.4. The summed E-state index contributed by atoms with van der Waals surface area (Å²) in [5.74, 6) is 0.239. The molecule has 2 aromatic rings. The quantitative estimate of drug-likeness (QED) is 0.695. The molecule has 9 heteroatoms. The Balaban J connectivity index is 1.27. The molecule has 35 heavy (non-hydrogen) atoms. The molecule has 3 atom stereocenters. The highest BCUT2D eigenvalue weighted by Gasteiger charge is 2.39. The summed E-state index contributed by atoms with van der Waals surface area (Å²) < 4.78 is 12.4. The lowest BCUT2D eigenvalue weighted by atomic mass is 9.94. The van der Waals surface area contributed by atoms with E-state index in [4.69, 9.17) is 9.47 Å². The van der Waals surface area contributed by atoms with Gasteiger partial charge in [-0.2, -0.15) is 0 Å². The molecule has 5 rings (SSSR count). The summed E-state index contributed by atoms with van der Waals surface area (Å²) in [5, 5.41) is 4.70. The highest BCUT2D eigenvalue weighted by Crippen LogP contribution is 2.33. The molecule has 2 saturated heterocycles. The van der Waals surface area contributed by atoms with E-state index in [1.54, 1.807) is 36.2 Å². The van der Waals surface area contributed by atoms with E-state index in [9.17, 15) is 14.4 Å². The first kappa shape index (κ1) is 23.8. The Morgan fingerprint density at radius 3 is 2.74 bits per heavy atom. The van der Waals surface area contributed by atoms with Crippen molar-refractivity contribution in [1.29, 1.82) is 0 Å². The highest BCUT2D eigenvalue weighted by atomic mass is 32.1. The van der Waals surface area contributed by atoms with Crippen LogP contribution in [0.4, 0.5) is 5.69 Å². The number of carbonyl (C=O) groups is 3. The lowest BCUT2D eigenvalue weighted by Crippen LogP contribution is -2.54. The number of hydrogen-bond acceptors (Lipinski definition) is 6. The summed E-state index contributed by atoms with van der Waals surface area (Å²) in [6, 6.07) is 8.56. The summed E-state index contributed by atoms with van der Waals surface area (Å²) in [7, 11) is 1.79. The topological polar surface area (TPSA) is 88.2 Å². The zero-order valence-corrected chi connectivity index (χ0v) is 20.7. The van der Waals surface area contributed by atoms with Gasteiger partial charge >= 0.3 is 0 Å². The summed E-state index contributed by atoms with van der Waals surface area (Å²) in [6.45, 7) is 1.97. The van der Waals surface area contributed by atoms with Gasteiger partial charge in [-0.25, -0.2) is 0 Å². The predicted octanol–water partition coefficient (Wildman–Crippen LogP) is 3.78. The molecule has 0 bridgehead atoms. The Kier molecular flexibility index (Phi) is 7.06. The fourth-order valence-electron chi connectivity index (χ4n) is 5.17. The fourth-order valence-corrected chi connectivity index (χ4v) is 5.79. The second kappa shape index (κ2) is 10.4. The summed E-state index contributed by atoms with van der Waals surface area (Å²) in [5.41, 5.74) is 0.957. The molecule has 3 amide bonds. The molecule has 2 fully saturated rings. The van der Waals surface area contributed by atoms with Crippen LogP contribution in [0.25, 0.3) is 0 Å². The van der Waals surface area contributed by atoms with Gasteiger partial charge in [-0.1, -0.05) is 6.07 Å². The minimum Gasteiger partial charge on any atom is -0.490 e. The molecule has 1 aromatic carbocycles. The molecule has 1 aromatic heterocycles. The summed E-state index contributed by atoms with van der Waals surface area (Å²) >= 11 is 1.36. The van der Waals surface area contributed by atoms with E-state index in [0.29, 0.717) is 34.9 Å². The molecule has 3 aliphatic rings. The van der Waals surface area contributed by atoms with Crippen LogP contribution >= 0.6 is 11.3 Å². The van der Waals surface area contributed by atoms with Crippen LogP contribution in [0, 0.1) is 0 Å². The van der Waals surface area contributed by atoms with Crippen molar-refractivity contribution in [3.63, 3.8) is 0 Å². The predicted molar refractivity (Wildman–Crippen MR) is 133 cm³/mol. The molecule has 0 unspecified atom stereocenters. The van der Waals surface area contributed by atoms with Gasteiger partial charge in [0.2, 0.25) is 5.91 Å². The van der Waals surface area contributed by atoms with Crippen molar-refractivity contribution < 1.29 is 23.9 Å². The molecule has 186 valence electrons. The Hall–Kier alpha value is -2.91. The number of piperidine rings is 1. The number of likely N-dealkylation sites (tertiary alicyclic amines) is 1. The van der Waals surface area contributed by atoms with Gasteiger partial charge in [-0.15, -0.1) is 11.3 Å². The number of carbonyl (C=O) groups excluding carboxylic acids is 3. The fraction of sp³-hybridized carbons (Fsp3) is 0.500. The number of nitrogens with zero attached hydrogens (tertiary/aromatic N) is 2. The van der Waals surface area contributed by atoms with E-state index in [1.165, 1.54) is 17.8 Å². The monoisotopic (exact) mass is 497 g/mol. The molecule has 1 N–H and O–H groups in total. The van der Waals surface area contributed by atoms with Gasteiger partial charge in [0.05, 0.1) is 29.0 Å². The Bertz CT molecular complexity index is 1080. The normalized spacial score (nSPS) is 24.5. The zero-order valence-electron chi connectivity index (χ0n) is 19.9. The third kappa shape index (κ3) is 5.21. The van der Waals surface area contributed by atoms with Gasteiger partial charge in [0.1, 0.15) is 18.5 Å². The molecule has 0 radical (unpaired) electrons. The van der Waals surface area contributed by atoms with Gasteiger partial charge < -0.3 is 24.6 Å². The minimum absolute atomic E-state index is 0.138. The first-order valence-corrected chi connectivity index (χ1v) is 13.2. The summed E-state index contributed by atoms with van der Waals surface area (Å²) in [4.78, 5) is 42.8. The number of ether oxygens (including phenoxy) is 2. The van der Waals surface area contributed by atoms with Crippen molar-refractivity contribution in [3.05, 3.63) is 46.2 Å². The van der Waals surface area contributed by atoms with E-state index in [1.807, 2.05) is 16.3 Å². The number of anilines is 1. The van der Waals surface area contributed by atoms with E-state index < -0.39 is 0 Å². The maximum absolute atomic E-state index is 13.4. The van der Waals surface area contributed by atoms with Crippen LogP contribution in [0.3, 0.4) is 0 Å². The van der Waals surface area contributed by atoms with Crippen molar-refractivity contribution in [2.75, 3.05) is 32.1 Å². The molecule has 0 saturated carbocycles. The third-order valence-electron chi connectivity index (χ3n) is 7.13. The molecule has 4 heterocycles. The second-order valence-corrected chi connectivity index (χ2v) is 10.4. The van der Waals surface area contributed by atoms with Crippen LogP contribution < -0.4 is 10.1 Å². The SMILES string of the molecule is CN1C(=O)c2cc(NC(=O)c3cccs3)ccc2OC[C@H]2O[C@H](CC(=O)N3CCCCC3)CC[C@H]21. The highest BCUT2D eigenvalue weighted by molar-refractivity contribution is 7.12. The Labute approximate surface area is 209 Å². The van der Waals surface area contributed by atoms with Gasteiger partial charge in [0.25, 0.3) is 11.8 Å². The van der Waals surface area contributed by atoms with Crippen LogP contribution in [0.2, 0.25) is 0 Å². The molecule has 8 nitrogen and oxygen atoms in total. The van der Waals surface area contributed by atoms with Crippen LogP contribution in [0.1, 0.15) is 58.6 Å².